The summed E-state index contributed by atoms with van der Waals surface area (Å²) in [6.45, 7) is 0.0660. The van der Waals surface area contributed by atoms with E-state index in [4.69, 9.17) is 10.5 Å². The third-order valence-corrected chi connectivity index (χ3v) is 2.37. The number of carbonyl (C=O) groups excluding carboxylic acids is 1. The number of amides is 1. The Balaban J connectivity index is 2.08. The van der Waals surface area contributed by atoms with Crippen LogP contribution in [0.3, 0.4) is 0 Å². The molecule has 0 fully saturated rings. The van der Waals surface area contributed by atoms with E-state index in [1.165, 1.54) is 18.3 Å². The molecule has 0 bridgehead atoms. The van der Waals surface area contributed by atoms with E-state index in [9.17, 15) is 9.18 Å². The van der Waals surface area contributed by atoms with Crippen LogP contribution in [-0.2, 0) is 6.61 Å². The Morgan fingerprint density at radius 1 is 1.39 bits per heavy atom. The van der Waals surface area contributed by atoms with Crippen molar-refractivity contribution in [3.05, 3.63) is 59.7 Å². The Kier molecular flexibility index (Phi) is 3.52. The molecule has 0 spiro atoms. The Labute approximate surface area is 103 Å². The van der Waals surface area contributed by atoms with Gasteiger partial charge in [0.05, 0.1) is 6.20 Å². The summed E-state index contributed by atoms with van der Waals surface area (Å²) in [7, 11) is 0. The molecular formula is C13H11FN2O2. The highest BCUT2D eigenvalue weighted by Crippen LogP contribution is 2.14. The van der Waals surface area contributed by atoms with Crippen molar-refractivity contribution in [2.45, 2.75) is 6.61 Å². The molecule has 2 aromatic rings. The number of nitrogens with zero attached hydrogens (tertiary/aromatic N) is 1. The number of halogens is 1. The van der Waals surface area contributed by atoms with Gasteiger partial charge in [-0.2, -0.15) is 0 Å². The third-order valence-electron chi connectivity index (χ3n) is 2.37. The summed E-state index contributed by atoms with van der Waals surface area (Å²) < 4.78 is 19.0. The fourth-order valence-electron chi connectivity index (χ4n) is 1.41. The highest BCUT2D eigenvalue weighted by molar-refractivity contribution is 5.92. The predicted molar refractivity (Wildman–Crippen MR) is 63.5 cm³/mol. The second-order valence-electron chi connectivity index (χ2n) is 3.65. The summed E-state index contributed by atoms with van der Waals surface area (Å²) in [6.07, 6.45) is 3.16. The van der Waals surface area contributed by atoms with Gasteiger partial charge in [-0.15, -0.1) is 0 Å². The molecule has 0 radical (unpaired) electrons. The van der Waals surface area contributed by atoms with Gasteiger partial charge in [-0.05, 0) is 24.3 Å². The second kappa shape index (κ2) is 5.27. The lowest BCUT2D eigenvalue weighted by molar-refractivity contribution is 0.0999. The molecule has 0 atom stereocenters. The summed E-state index contributed by atoms with van der Waals surface area (Å²) in [5, 5.41) is 0. The minimum Gasteiger partial charge on any atom is -0.487 e. The van der Waals surface area contributed by atoms with Crippen LogP contribution >= 0.6 is 0 Å². The molecule has 92 valence electrons. The zero-order valence-corrected chi connectivity index (χ0v) is 9.47. The number of rotatable bonds is 4. The van der Waals surface area contributed by atoms with Gasteiger partial charge in [0.1, 0.15) is 18.2 Å². The second-order valence-corrected chi connectivity index (χ2v) is 3.65. The minimum atomic E-state index is -0.659. The Hall–Kier alpha value is -2.43. The first-order valence-corrected chi connectivity index (χ1v) is 5.28. The van der Waals surface area contributed by atoms with E-state index in [1.807, 2.05) is 0 Å². The first-order chi connectivity index (χ1) is 8.66. The molecule has 2 rings (SSSR count). The molecule has 1 aromatic heterocycles. The number of primary amides is 1. The topological polar surface area (TPSA) is 65.2 Å². The van der Waals surface area contributed by atoms with Gasteiger partial charge < -0.3 is 10.5 Å². The van der Waals surface area contributed by atoms with Crippen LogP contribution in [0.2, 0.25) is 0 Å². The normalized spacial score (nSPS) is 10.1. The van der Waals surface area contributed by atoms with Gasteiger partial charge in [0.2, 0.25) is 5.91 Å². The zero-order chi connectivity index (χ0) is 13.0. The molecule has 18 heavy (non-hydrogen) atoms. The van der Waals surface area contributed by atoms with Gasteiger partial charge in [-0.3, -0.25) is 9.78 Å². The van der Waals surface area contributed by atoms with Crippen molar-refractivity contribution in [1.29, 1.82) is 0 Å². The molecule has 0 aliphatic heterocycles. The van der Waals surface area contributed by atoms with Gasteiger partial charge in [0.25, 0.3) is 0 Å². The van der Waals surface area contributed by atoms with E-state index in [2.05, 4.69) is 4.98 Å². The molecule has 0 saturated heterocycles. The maximum atomic E-state index is 13.6. The SMILES string of the molecule is NC(=O)c1ccc(COc2cccnc2)c(F)c1. The maximum Gasteiger partial charge on any atom is 0.248 e. The fraction of sp³-hybridized carbons (Fsp3) is 0.0769. The number of carbonyl (C=O) groups is 1. The molecule has 5 heteroatoms. The van der Waals surface area contributed by atoms with Crippen LogP contribution in [0.5, 0.6) is 5.75 Å². The number of benzene rings is 1. The summed E-state index contributed by atoms with van der Waals surface area (Å²) in [4.78, 5) is 14.7. The highest BCUT2D eigenvalue weighted by Gasteiger charge is 2.07. The van der Waals surface area contributed by atoms with Gasteiger partial charge >= 0.3 is 0 Å². The van der Waals surface area contributed by atoms with Gasteiger partial charge in [0, 0.05) is 17.3 Å². The molecule has 0 aliphatic rings. The largest absolute Gasteiger partial charge is 0.487 e. The molecule has 0 unspecified atom stereocenters. The number of aromatic nitrogens is 1. The average molecular weight is 246 g/mol. The average Bonchev–Trinajstić information content (AvgIpc) is 2.38. The fourth-order valence-corrected chi connectivity index (χ4v) is 1.41. The molecule has 1 aromatic carbocycles. The van der Waals surface area contributed by atoms with Crippen molar-refractivity contribution >= 4 is 5.91 Å². The van der Waals surface area contributed by atoms with Crippen molar-refractivity contribution in [3.8, 4) is 5.75 Å². The first kappa shape index (κ1) is 12.0. The van der Waals surface area contributed by atoms with E-state index in [0.717, 1.165) is 6.07 Å². The Morgan fingerprint density at radius 2 is 2.22 bits per heavy atom. The lowest BCUT2D eigenvalue weighted by Crippen LogP contribution is -2.11. The van der Waals surface area contributed by atoms with E-state index in [0.29, 0.717) is 11.3 Å². The van der Waals surface area contributed by atoms with Crippen LogP contribution in [0, 0.1) is 5.82 Å². The molecular weight excluding hydrogens is 235 g/mol. The summed E-state index contributed by atoms with van der Waals surface area (Å²) >= 11 is 0. The highest BCUT2D eigenvalue weighted by atomic mass is 19.1. The first-order valence-electron chi connectivity index (χ1n) is 5.28. The van der Waals surface area contributed by atoms with E-state index in [-0.39, 0.29) is 12.2 Å². The lowest BCUT2D eigenvalue weighted by atomic mass is 10.1. The van der Waals surface area contributed by atoms with Gasteiger partial charge in [0.15, 0.2) is 0 Å². The summed E-state index contributed by atoms with van der Waals surface area (Å²) in [6, 6.07) is 7.49. The number of hydrogen-bond acceptors (Lipinski definition) is 3. The molecule has 0 saturated carbocycles. The van der Waals surface area contributed by atoms with Crippen molar-refractivity contribution in [3.63, 3.8) is 0 Å². The zero-order valence-electron chi connectivity index (χ0n) is 9.47. The molecule has 4 nitrogen and oxygen atoms in total. The standard InChI is InChI=1S/C13H11FN2O2/c14-12-6-9(13(15)17)3-4-10(12)8-18-11-2-1-5-16-7-11/h1-7H,8H2,(H2,15,17). The van der Waals surface area contributed by atoms with Crippen LogP contribution in [-0.4, -0.2) is 10.9 Å². The molecule has 1 amide bonds. The van der Waals surface area contributed by atoms with Crippen LogP contribution in [0.1, 0.15) is 15.9 Å². The molecule has 0 aliphatic carbocycles. The van der Waals surface area contributed by atoms with E-state index in [1.54, 1.807) is 18.3 Å². The minimum absolute atomic E-state index is 0.0660. The van der Waals surface area contributed by atoms with E-state index < -0.39 is 11.7 Å². The van der Waals surface area contributed by atoms with Crippen LogP contribution in [0.25, 0.3) is 0 Å². The Bertz CT molecular complexity index is 558. The summed E-state index contributed by atoms with van der Waals surface area (Å²) in [5.41, 5.74) is 5.54. The number of nitrogens with two attached hydrogens (primary N) is 1. The third kappa shape index (κ3) is 2.82. The summed E-state index contributed by atoms with van der Waals surface area (Å²) in [5.74, 6) is -0.625. The van der Waals surface area contributed by atoms with Gasteiger partial charge in [-0.25, -0.2) is 4.39 Å². The van der Waals surface area contributed by atoms with Crippen LogP contribution in [0.4, 0.5) is 4.39 Å². The van der Waals surface area contributed by atoms with Gasteiger partial charge in [-0.1, -0.05) is 6.07 Å². The monoisotopic (exact) mass is 246 g/mol. The van der Waals surface area contributed by atoms with Crippen LogP contribution < -0.4 is 10.5 Å². The quantitative estimate of drug-likeness (QED) is 0.896. The number of pyridine rings is 1. The molecule has 2 N–H and O–H groups in total. The smallest absolute Gasteiger partial charge is 0.248 e. The van der Waals surface area contributed by atoms with Crippen LogP contribution in [0.15, 0.2) is 42.7 Å². The number of hydrogen-bond donors (Lipinski definition) is 1. The lowest BCUT2D eigenvalue weighted by Gasteiger charge is -2.07. The molecule has 1 heterocycles. The van der Waals surface area contributed by atoms with Crippen molar-refractivity contribution in [1.82, 2.24) is 4.98 Å². The van der Waals surface area contributed by atoms with Crippen molar-refractivity contribution in [2.24, 2.45) is 5.73 Å². The Morgan fingerprint density at radius 3 is 2.83 bits per heavy atom. The number of ether oxygens (including phenoxy) is 1. The van der Waals surface area contributed by atoms with E-state index >= 15 is 0 Å². The maximum absolute atomic E-state index is 13.6. The predicted octanol–water partition coefficient (Wildman–Crippen LogP) is 1.90. The van der Waals surface area contributed by atoms with Crippen molar-refractivity contribution in [2.75, 3.05) is 0 Å². The van der Waals surface area contributed by atoms with Crippen molar-refractivity contribution < 1.29 is 13.9 Å².